The number of alkyl halides is 3. The lowest BCUT2D eigenvalue weighted by Crippen LogP contribution is -2.64. The lowest BCUT2D eigenvalue weighted by atomic mass is 9.97. The average Bonchev–Trinajstić information content (AvgIpc) is 2.73. The van der Waals surface area contributed by atoms with Crippen LogP contribution in [-0.4, -0.2) is 48.5 Å². The minimum Gasteiger partial charge on any atom is -0.376 e. The number of nitrogens with two attached hydrogens (primary N) is 1. The SMILES string of the molecule is COC1C(Sc2cnc(C(F)(F)F)c(C)c2)OC2COC(c3ccccc3)OC2C1N. The van der Waals surface area contributed by atoms with Crippen molar-refractivity contribution < 1.29 is 32.1 Å². The maximum absolute atomic E-state index is 13.0. The van der Waals surface area contributed by atoms with Gasteiger partial charge in [-0.15, -0.1) is 0 Å². The zero-order valence-electron chi connectivity index (χ0n) is 16.9. The largest absolute Gasteiger partial charge is 0.433 e. The number of thioether (sulfide) groups is 1. The number of ether oxygens (including phenoxy) is 4. The molecule has 0 amide bonds. The zero-order valence-corrected chi connectivity index (χ0v) is 17.7. The normalized spacial score (nSPS) is 31.3. The van der Waals surface area contributed by atoms with E-state index in [1.807, 2.05) is 30.3 Å². The van der Waals surface area contributed by atoms with Gasteiger partial charge >= 0.3 is 6.18 Å². The van der Waals surface area contributed by atoms with Gasteiger partial charge in [-0.2, -0.15) is 13.2 Å². The molecule has 6 unspecified atom stereocenters. The molecule has 0 aliphatic carbocycles. The van der Waals surface area contributed by atoms with Gasteiger partial charge in [0, 0.05) is 23.8 Å². The molecule has 10 heteroatoms. The second-order valence-electron chi connectivity index (χ2n) is 7.45. The van der Waals surface area contributed by atoms with Gasteiger partial charge < -0.3 is 24.7 Å². The maximum Gasteiger partial charge on any atom is 0.433 e. The van der Waals surface area contributed by atoms with Crippen molar-refractivity contribution in [3.05, 3.63) is 59.4 Å². The minimum atomic E-state index is -4.49. The predicted molar refractivity (Wildman–Crippen MR) is 107 cm³/mol. The van der Waals surface area contributed by atoms with E-state index >= 15 is 0 Å². The molecule has 2 aliphatic rings. The Morgan fingerprint density at radius 3 is 2.58 bits per heavy atom. The third-order valence-electron chi connectivity index (χ3n) is 5.31. The first-order chi connectivity index (χ1) is 14.8. The van der Waals surface area contributed by atoms with Crippen LogP contribution in [0.4, 0.5) is 13.2 Å². The van der Waals surface area contributed by atoms with Crippen LogP contribution >= 0.6 is 11.8 Å². The van der Waals surface area contributed by atoms with Crippen LogP contribution in [0.3, 0.4) is 0 Å². The van der Waals surface area contributed by atoms with Crippen LogP contribution in [-0.2, 0) is 25.1 Å². The first kappa shape index (κ1) is 22.5. The Morgan fingerprint density at radius 1 is 1.19 bits per heavy atom. The Hall–Kier alpha value is -1.69. The topological polar surface area (TPSA) is 75.8 Å². The summed E-state index contributed by atoms with van der Waals surface area (Å²) in [7, 11) is 1.52. The summed E-state index contributed by atoms with van der Waals surface area (Å²) in [6.07, 6.45) is -5.28. The standard InChI is InChI=1S/C21H23F3N2O4S/c1-11-8-13(9-26-18(11)21(22,23)24)31-20-17(27-2)15(25)16-14(29-20)10-28-19(30-16)12-6-4-3-5-7-12/h3-9,14-17,19-20H,10,25H2,1-2H3. The molecule has 2 aromatic rings. The number of aromatic nitrogens is 1. The number of hydrogen-bond acceptors (Lipinski definition) is 7. The van der Waals surface area contributed by atoms with Crippen LogP contribution in [0, 0.1) is 6.92 Å². The Morgan fingerprint density at radius 2 is 1.94 bits per heavy atom. The number of pyridine rings is 1. The molecule has 0 radical (unpaired) electrons. The van der Waals surface area contributed by atoms with E-state index in [0.717, 1.165) is 5.56 Å². The molecule has 3 heterocycles. The van der Waals surface area contributed by atoms with Gasteiger partial charge in [0.15, 0.2) is 6.29 Å². The van der Waals surface area contributed by atoms with E-state index in [-0.39, 0.29) is 12.2 Å². The molecule has 6 nitrogen and oxygen atoms in total. The van der Waals surface area contributed by atoms with Gasteiger partial charge in [0.2, 0.25) is 0 Å². The van der Waals surface area contributed by atoms with E-state index in [9.17, 15) is 13.2 Å². The molecule has 0 spiro atoms. The second kappa shape index (κ2) is 9.05. The monoisotopic (exact) mass is 456 g/mol. The van der Waals surface area contributed by atoms with Gasteiger partial charge in [-0.25, -0.2) is 0 Å². The smallest absolute Gasteiger partial charge is 0.376 e. The fraction of sp³-hybridized carbons (Fsp3) is 0.476. The maximum atomic E-state index is 13.0. The summed E-state index contributed by atoms with van der Waals surface area (Å²) in [5.74, 6) is 0. The molecule has 31 heavy (non-hydrogen) atoms. The molecule has 4 rings (SSSR count). The van der Waals surface area contributed by atoms with E-state index in [2.05, 4.69) is 4.98 Å². The van der Waals surface area contributed by atoms with E-state index in [0.29, 0.717) is 4.90 Å². The lowest BCUT2D eigenvalue weighted by Gasteiger charge is -2.48. The Labute approximate surface area is 182 Å². The first-order valence-electron chi connectivity index (χ1n) is 9.74. The average molecular weight is 456 g/mol. The van der Waals surface area contributed by atoms with Crippen LogP contribution in [0.1, 0.15) is 23.1 Å². The van der Waals surface area contributed by atoms with Crippen LogP contribution in [0.5, 0.6) is 0 Å². The number of methoxy groups -OCH3 is 1. The number of fused-ring (bicyclic) bond motifs is 1. The highest BCUT2D eigenvalue weighted by Crippen LogP contribution is 2.40. The fourth-order valence-electron chi connectivity index (χ4n) is 3.81. The molecule has 2 fully saturated rings. The van der Waals surface area contributed by atoms with E-state index in [1.54, 1.807) is 0 Å². The van der Waals surface area contributed by atoms with Gasteiger partial charge in [-0.3, -0.25) is 4.98 Å². The molecule has 2 N–H and O–H groups in total. The van der Waals surface area contributed by atoms with E-state index in [4.69, 9.17) is 24.7 Å². The molecule has 168 valence electrons. The molecule has 1 aromatic heterocycles. The highest BCUT2D eigenvalue weighted by atomic mass is 32.2. The van der Waals surface area contributed by atoms with Gasteiger partial charge in [-0.05, 0) is 18.6 Å². The molecular formula is C21H23F3N2O4S. The molecule has 2 aliphatic heterocycles. The number of benzene rings is 1. The third kappa shape index (κ3) is 4.74. The quantitative estimate of drug-likeness (QED) is 0.752. The zero-order chi connectivity index (χ0) is 22.2. The number of aryl methyl sites for hydroxylation is 1. The van der Waals surface area contributed by atoms with Crippen LogP contribution in [0.25, 0.3) is 0 Å². The highest BCUT2D eigenvalue weighted by Gasteiger charge is 2.49. The summed E-state index contributed by atoms with van der Waals surface area (Å²) in [6, 6.07) is 10.4. The predicted octanol–water partition coefficient (Wildman–Crippen LogP) is 3.68. The van der Waals surface area contributed by atoms with Crippen molar-refractivity contribution in [3.8, 4) is 0 Å². The molecule has 1 aromatic carbocycles. The fourth-order valence-corrected chi connectivity index (χ4v) is 5.06. The van der Waals surface area contributed by atoms with Crippen molar-refractivity contribution in [2.45, 2.75) is 54.1 Å². The molecule has 2 saturated heterocycles. The Balaban J connectivity index is 1.49. The second-order valence-corrected chi connectivity index (χ2v) is 8.62. The highest BCUT2D eigenvalue weighted by molar-refractivity contribution is 7.99. The summed E-state index contributed by atoms with van der Waals surface area (Å²) in [6.45, 7) is 1.65. The van der Waals surface area contributed by atoms with Crippen molar-refractivity contribution in [2.75, 3.05) is 13.7 Å². The summed E-state index contributed by atoms with van der Waals surface area (Å²) >= 11 is 1.22. The van der Waals surface area contributed by atoms with Gasteiger partial charge in [0.1, 0.15) is 29.4 Å². The number of rotatable bonds is 4. The summed E-state index contributed by atoms with van der Waals surface area (Å²) in [5, 5.41) is 0. The summed E-state index contributed by atoms with van der Waals surface area (Å²) < 4.78 is 62.6. The molecule has 0 saturated carbocycles. The number of halogens is 3. The summed E-state index contributed by atoms with van der Waals surface area (Å²) in [4.78, 5) is 4.12. The molecule has 0 bridgehead atoms. The minimum absolute atomic E-state index is 0.0412. The Kier molecular flexibility index (Phi) is 6.57. The molecule has 6 atom stereocenters. The van der Waals surface area contributed by atoms with E-state index in [1.165, 1.54) is 38.1 Å². The lowest BCUT2D eigenvalue weighted by molar-refractivity contribution is -0.298. The van der Waals surface area contributed by atoms with Gasteiger partial charge in [-0.1, -0.05) is 42.1 Å². The number of hydrogen-bond donors (Lipinski definition) is 1. The van der Waals surface area contributed by atoms with Crippen LogP contribution in [0.15, 0.2) is 47.5 Å². The van der Waals surface area contributed by atoms with Crippen molar-refractivity contribution in [1.29, 1.82) is 0 Å². The summed E-state index contributed by atoms with van der Waals surface area (Å²) in [5.41, 5.74) is 5.94. The van der Waals surface area contributed by atoms with Crippen LogP contribution in [0.2, 0.25) is 0 Å². The van der Waals surface area contributed by atoms with Crippen LogP contribution < -0.4 is 5.73 Å². The Bertz CT molecular complexity index is 902. The van der Waals surface area contributed by atoms with Gasteiger partial charge in [0.25, 0.3) is 0 Å². The third-order valence-corrected chi connectivity index (χ3v) is 6.42. The van der Waals surface area contributed by atoms with Gasteiger partial charge in [0.05, 0.1) is 12.6 Å². The number of nitrogens with zero attached hydrogens (tertiary/aromatic N) is 1. The van der Waals surface area contributed by atoms with Crippen molar-refractivity contribution in [3.63, 3.8) is 0 Å². The van der Waals surface area contributed by atoms with Crippen molar-refractivity contribution in [2.24, 2.45) is 5.73 Å². The van der Waals surface area contributed by atoms with Crippen molar-refractivity contribution in [1.82, 2.24) is 4.98 Å². The van der Waals surface area contributed by atoms with E-state index < -0.39 is 47.9 Å². The molecular weight excluding hydrogens is 433 g/mol. The van der Waals surface area contributed by atoms with Crippen molar-refractivity contribution >= 4 is 11.8 Å². The first-order valence-corrected chi connectivity index (χ1v) is 10.6.